The highest BCUT2D eigenvalue weighted by Crippen LogP contribution is 2.28. The summed E-state index contributed by atoms with van der Waals surface area (Å²) in [7, 11) is 0. The standard InChI is InChI=1S/C13H17F3N2O2/c1-3-6-12(2,20)8-18-11(19)10-5-4-9(7-17-10)13(14,15)16/h4-5,7,20H,3,6,8H2,1-2H3,(H,18,19). The number of nitrogens with one attached hydrogen (secondary N) is 1. The lowest BCUT2D eigenvalue weighted by molar-refractivity contribution is -0.137. The molecule has 1 heterocycles. The van der Waals surface area contributed by atoms with Gasteiger partial charge in [-0.3, -0.25) is 9.78 Å². The minimum atomic E-state index is -4.48. The van der Waals surface area contributed by atoms with Gasteiger partial charge in [0.25, 0.3) is 5.91 Å². The molecule has 20 heavy (non-hydrogen) atoms. The van der Waals surface area contributed by atoms with E-state index in [1.54, 1.807) is 6.92 Å². The zero-order valence-electron chi connectivity index (χ0n) is 11.3. The number of hydrogen-bond acceptors (Lipinski definition) is 3. The normalized spacial score (nSPS) is 14.7. The van der Waals surface area contributed by atoms with Crippen LogP contribution in [0.5, 0.6) is 0 Å². The molecular formula is C13H17F3N2O2. The van der Waals surface area contributed by atoms with Crippen LogP contribution in [0, 0.1) is 0 Å². The van der Waals surface area contributed by atoms with Gasteiger partial charge >= 0.3 is 6.18 Å². The zero-order chi connectivity index (χ0) is 15.4. The minimum Gasteiger partial charge on any atom is -0.388 e. The Kier molecular flexibility index (Phi) is 5.10. The van der Waals surface area contributed by atoms with Gasteiger partial charge in [-0.05, 0) is 25.5 Å². The number of carbonyl (C=O) groups excluding carboxylic acids is 1. The molecule has 0 aromatic carbocycles. The molecule has 0 saturated carbocycles. The summed E-state index contributed by atoms with van der Waals surface area (Å²) in [6.07, 6.45) is -2.61. The molecule has 0 saturated heterocycles. The Morgan fingerprint density at radius 2 is 2.05 bits per heavy atom. The average molecular weight is 290 g/mol. The number of carbonyl (C=O) groups is 1. The molecule has 112 valence electrons. The van der Waals surface area contributed by atoms with Crippen molar-refractivity contribution < 1.29 is 23.1 Å². The molecule has 2 N–H and O–H groups in total. The lowest BCUT2D eigenvalue weighted by Gasteiger charge is -2.22. The monoisotopic (exact) mass is 290 g/mol. The quantitative estimate of drug-likeness (QED) is 0.875. The van der Waals surface area contributed by atoms with Crippen LogP contribution in [0.2, 0.25) is 0 Å². The van der Waals surface area contributed by atoms with Gasteiger partial charge < -0.3 is 10.4 Å². The first-order valence-corrected chi connectivity index (χ1v) is 6.19. The predicted molar refractivity (Wildman–Crippen MR) is 67.1 cm³/mol. The molecule has 0 spiro atoms. The van der Waals surface area contributed by atoms with Crippen molar-refractivity contribution in [3.05, 3.63) is 29.6 Å². The highest BCUT2D eigenvalue weighted by molar-refractivity contribution is 5.92. The first kappa shape index (κ1) is 16.4. The SMILES string of the molecule is CCCC(C)(O)CNC(=O)c1ccc(C(F)(F)F)cn1. The number of halogens is 3. The maximum absolute atomic E-state index is 12.3. The Hall–Kier alpha value is -1.63. The predicted octanol–water partition coefficient (Wildman–Crippen LogP) is 2.38. The molecule has 1 aromatic heterocycles. The highest BCUT2D eigenvalue weighted by atomic mass is 19.4. The molecule has 4 nitrogen and oxygen atoms in total. The van der Waals surface area contributed by atoms with Gasteiger partial charge in [0.15, 0.2) is 0 Å². The van der Waals surface area contributed by atoms with Crippen molar-refractivity contribution in [1.29, 1.82) is 0 Å². The van der Waals surface area contributed by atoms with E-state index in [-0.39, 0.29) is 12.2 Å². The van der Waals surface area contributed by atoms with Gasteiger partial charge in [-0.15, -0.1) is 0 Å². The molecule has 0 aliphatic heterocycles. The van der Waals surface area contributed by atoms with Crippen LogP contribution >= 0.6 is 0 Å². The fraction of sp³-hybridized carbons (Fsp3) is 0.538. The van der Waals surface area contributed by atoms with Crippen LogP contribution in [0.25, 0.3) is 0 Å². The molecule has 1 aromatic rings. The summed E-state index contributed by atoms with van der Waals surface area (Å²) >= 11 is 0. The van der Waals surface area contributed by atoms with E-state index in [2.05, 4.69) is 10.3 Å². The van der Waals surface area contributed by atoms with Crippen LogP contribution in [0.3, 0.4) is 0 Å². The number of aliphatic hydroxyl groups is 1. The third-order valence-electron chi connectivity index (χ3n) is 2.74. The number of hydrogen-bond donors (Lipinski definition) is 2. The fourth-order valence-corrected chi connectivity index (χ4v) is 1.68. The smallest absolute Gasteiger partial charge is 0.388 e. The van der Waals surface area contributed by atoms with E-state index in [4.69, 9.17) is 0 Å². The van der Waals surface area contributed by atoms with Crippen molar-refractivity contribution in [1.82, 2.24) is 10.3 Å². The summed E-state index contributed by atoms with van der Waals surface area (Å²) in [5, 5.41) is 12.3. The van der Waals surface area contributed by atoms with Crippen molar-refractivity contribution in [3.8, 4) is 0 Å². The largest absolute Gasteiger partial charge is 0.417 e. The summed E-state index contributed by atoms with van der Waals surface area (Å²) in [4.78, 5) is 15.2. The van der Waals surface area contributed by atoms with Gasteiger partial charge in [0.2, 0.25) is 0 Å². The minimum absolute atomic E-state index is 0.0162. The molecule has 1 unspecified atom stereocenters. The van der Waals surface area contributed by atoms with E-state index in [0.717, 1.165) is 18.6 Å². The van der Waals surface area contributed by atoms with E-state index in [0.29, 0.717) is 12.6 Å². The Morgan fingerprint density at radius 1 is 1.40 bits per heavy atom. The maximum atomic E-state index is 12.3. The summed E-state index contributed by atoms with van der Waals surface area (Å²) in [6.45, 7) is 3.49. The molecule has 7 heteroatoms. The van der Waals surface area contributed by atoms with Crippen LogP contribution in [0.4, 0.5) is 13.2 Å². The van der Waals surface area contributed by atoms with E-state index in [1.165, 1.54) is 0 Å². The second-order valence-electron chi connectivity index (χ2n) is 4.86. The second kappa shape index (κ2) is 6.21. The molecule has 1 atom stereocenters. The van der Waals surface area contributed by atoms with Gasteiger partial charge in [-0.2, -0.15) is 13.2 Å². The van der Waals surface area contributed by atoms with Crippen molar-refractivity contribution in [2.75, 3.05) is 6.54 Å². The molecule has 0 bridgehead atoms. The number of pyridine rings is 1. The third kappa shape index (κ3) is 4.80. The van der Waals surface area contributed by atoms with E-state index >= 15 is 0 Å². The van der Waals surface area contributed by atoms with Crippen molar-refractivity contribution in [2.24, 2.45) is 0 Å². The molecular weight excluding hydrogens is 273 g/mol. The van der Waals surface area contributed by atoms with Gasteiger partial charge in [0.05, 0.1) is 11.2 Å². The van der Waals surface area contributed by atoms with E-state index in [9.17, 15) is 23.1 Å². The average Bonchev–Trinajstić information content (AvgIpc) is 2.35. The molecule has 0 aliphatic carbocycles. The Morgan fingerprint density at radius 3 is 2.50 bits per heavy atom. The summed E-state index contributed by atoms with van der Waals surface area (Å²) in [5.41, 5.74) is -2.08. The maximum Gasteiger partial charge on any atom is 0.417 e. The van der Waals surface area contributed by atoms with Crippen LogP contribution in [-0.2, 0) is 6.18 Å². The van der Waals surface area contributed by atoms with Crippen LogP contribution in [0.1, 0.15) is 42.7 Å². The second-order valence-corrected chi connectivity index (χ2v) is 4.86. The summed E-state index contributed by atoms with van der Waals surface area (Å²) in [5.74, 6) is -0.616. The van der Waals surface area contributed by atoms with Crippen LogP contribution < -0.4 is 5.32 Å². The van der Waals surface area contributed by atoms with E-state index < -0.39 is 23.2 Å². The van der Waals surface area contributed by atoms with Crippen molar-refractivity contribution >= 4 is 5.91 Å². The molecule has 1 amide bonds. The Labute approximate surface area is 115 Å². The lowest BCUT2D eigenvalue weighted by atomic mass is 10.0. The number of rotatable bonds is 5. The van der Waals surface area contributed by atoms with E-state index in [1.807, 2.05) is 6.92 Å². The third-order valence-corrected chi connectivity index (χ3v) is 2.74. The number of amides is 1. The first-order valence-electron chi connectivity index (χ1n) is 6.19. The summed E-state index contributed by atoms with van der Waals surface area (Å²) in [6, 6.07) is 1.80. The Balaban J connectivity index is 2.65. The molecule has 0 aliphatic rings. The van der Waals surface area contributed by atoms with Crippen molar-refractivity contribution in [3.63, 3.8) is 0 Å². The zero-order valence-corrected chi connectivity index (χ0v) is 11.3. The van der Waals surface area contributed by atoms with Gasteiger partial charge in [0.1, 0.15) is 5.69 Å². The fourth-order valence-electron chi connectivity index (χ4n) is 1.68. The van der Waals surface area contributed by atoms with Gasteiger partial charge in [-0.1, -0.05) is 13.3 Å². The first-order chi connectivity index (χ1) is 9.15. The van der Waals surface area contributed by atoms with Gasteiger partial charge in [-0.25, -0.2) is 0 Å². The topological polar surface area (TPSA) is 62.2 Å². The van der Waals surface area contributed by atoms with Gasteiger partial charge in [0, 0.05) is 12.7 Å². The van der Waals surface area contributed by atoms with Crippen LogP contribution in [-0.4, -0.2) is 28.1 Å². The number of nitrogens with zero attached hydrogens (tertiary/aromatic N) is 1. The molecule has 0 fully saturated rings. The van der Waals surface area contributed by atoms with Crippen molar-refractivity contribution in [2.45, 2.75) is 38.5 Å². The number of aromatic nitrogens is 1. The summed E-state index contributed by atoms with van der Waals surface area (Å²) < 4.78 is 37.0. The molecule has 0 radical (unpaired) electrons. The number of alkyl halides is 3. The lowest BCUT2D eigenvalue weighted by Crippen LogP contribution is -2.40. The molecule has 1 rings (SSSR count). The highest BCUT2D eigenvalue weighted by Gasteiger charge is 2.31. The Bertz CT molecular complexity index is 456. The van der Waals surface area contributed by atoms with Crippen LogP contribution in [0.15, 0.2) is 18.3 Å².